The molecule has 2 aromatic rings. The summed E-state index contributed by atoms with van der Waals surface area (Å²) in [6, 6.07) is 3.95. The van der Waals surface area contributed by atoms with E-state index in [2.05, 4.69) is 19.8 Å². The van der Waals surface area contributed by atoms with Crippen LogP contribution in [-0.2, 0) is 6.54 Å². The second kappa shape index (κ2) is 5.28. The van der Waals surface area contributed by atoms with E-state index in [1.165, 1.54) is 12.0 Å². The number of ether oxygens (including phenoxy) is 1. The van der Waals surface area contributed by atoms with E-state index in [9.17, 15) is 0 Å². The van der Waals surface area contributed by atoms with Crippen LogP contribution in [0.2, 0.25) is 0 Å². The highest BCUT2D eigenvalue weighted by atomic mass is 16.5. The number of aromatic nitrogens is 2. The SMILES string of the molecule is COc1cc(N2CC3(CCN(Cc4ccoc4)C3)C2)ncn1. The van der Waals surface area contributed by atoms with E-state index in [0.29, 0.717) is 11.3 Å². The van der Waals surface area contributed by atoms with Crippen molar-refractivity contribution in [3.05, 3.63) is 36.5 Å². The standard InChI is InChI=1S/C16H20N4O2/c1-21-15-6-14(17-12-18-15)20-10-16(11-20)3-4-19(9-16)7-13-2-5-22-8-13/h2,5-6,8,12H,3-4,7,9-11H2,1H3. The van der Waals surface area contributed by atoms with Crippen LogP contribution in [0.5, 0.6) is 5.88 Å². The van der Waals surface area contributed by atoms with Crippen molar-refractivity contribution in [3.8, 4) is 5.88 Å². The van der Waals surface area contributed by atoms with E-state index in [1.54, 1.807) is 19.7 Å². The summed E-state index contributed by atoms with van der Waals surface area (Å²) in [4.78, 5) is 13.2. The molecule has 22 heavy (non-hydrogen) atoms. The summed E-state index contributed by atoms with van der Waals surface area (Å²) in [7, 11) is 1.63. The summed E-state index contributed by atoms with van der Waals surface area (Å²) in [5.41, 5.74) is 1.68. The lowest BCUT2D eigenvalue weighted by atomic mass is 9.79. The Balaban J connectivity index is 1.36. The molecule has 2 saturated heterocycles. The number of methoxy groups -OCH3 is 1. The number of nitrogens with zero attached hydrogens (tertiary/aromatic N) is 4. The van der Waals surface area contributed by atoms with Crippen LogP contribution in [0.15, 0.2) is 35.4 Å². The normalized spacial score (nSPS) is 20.3. The Bertz CT molecular complexity index is 637. The van der Waals surface area contributed by atoms with Gasteiger partial charge in [-0.05, 0) is 19.0 Å². The monoisotopic (exact) mass is 300 g/mol. The fraction of sp³-hybridized carbons (Fsp3) is 0.500. The van der Waals surface area contributed by atoms with Gasteiger partial charge in [0.25, 0.3) is 0 Å². The van der Waals surface area contributed by atoms with Crippen LogP contribution < -0.4 is 9.64 Å². The van der Waals surface area contributed by atoms with Gasteiger partial charge in [0, 0.05) is 43.2 Å². The number of likely N-dealkylation sites (tertiary alicyclic amines) is 1. The Morgan fingerprint density at radius 3 is 3.00 bits per heavy atom. The summed E-state index contributed by atoms with van der Waals surface area (Å²) in [5.74, 6) is 1.59. The fourth-order valence-electron chi connectivity index (χ4n) is 3.60. The topological polar surface area (TPSA) is 54.6 Å². The molecule has 0 bridgehead atoms. The quantitative estimate of drug-likeness (QED) is 0.858. The zero-order valence-corrected chi connectivity index (χ0v) is 12.7. The first-order valence-corrected chi connectivity index (χ1v) is 7.61. The van der Waals surface area contributed by atoms with E-state index in [4.69, 9.17) is 9.15 Å². The molecule has 0 atom stereocenters. The van der Waals surface area contributed by atoms with E-state index in [1.807, 2.05) is 18.4 Å². The molecule has 2 aromatic heterocycles. The number of hydrogen-bond acceptors (Lipinski definition) is 6. The van der Waals surface area contributed by atoms with Gasteiger partial charge in [-0.25, -0.2) is 9.97 Å². The molecule has 2 aliphatic rings. The van der Waals surface area contributed by atoms with Crippen LogP contribution in [0.4, 0.5) is 5.82 Å². The molecule has 0 amide bonds. The maximum Gasteiger partial charge on any atom is 0.218 e. The van der Waals surface area contributed by atoms with Crippen molar-refractivity contribution < 1.29 is 9.15 Å². The Kier molecular flexibility index (Phi) is 3.26. The molecule has 0 aliphatic carbocycles. The van der Waals surface area contributed by atoms with Gasteiger partial charge in [-0.2, -0.15) is 0 Å². The van der Waals surface area contributed by atoms with Gasteiger partial charge in [-0.1, -0.05) is 0 Å². The van der Waals surface area contributed by atoms with Crippen molar-refractivity contribution in [1.29, 1.82) is 0 Å². The molecule has 0 radical (unpaired) electrons. The summed E-state index contributed by atoms with van der Waals surface area (Å²) in [6.07, 6.45) is 6.41. The number of furan rings is 1. The van der Waals surface area contributed by atoms with Gasteiger partial charge in [0.1, 0.15) is 12.1 Å². The van der Waals surface area contributed by atoms with Crippen LogP contribution in [0.1, 0.15) is 12.0 Å². The predicted octanol–water partition coefficient (Wildman–Crippen LogP) is 1.79. The van der Waals surface area contributed by atoms with E-state index in [-0.39, 0.29) is 0 Å². The third-order valence-electron chi connectivity index (χ3n) is 4.72. The van der Waals surface area contributed by atoms with Crippen molar-refractivity contribution in [2.45, 2.75) is 13.0 Å². The molecule has 0 aromatic carbocycles. The molecule has 2 aliphatic heterocycles. The molecule has 0 unspecified atom stereocenters. The summed E-state index contributed by atoms with van der Waals surface area (Å²) in [5, 5.41) is 0. The molecule has 0 saturated carbocycles. The lowest BCUT2D eigenvalue weighted by molar-refractivity contribution is 0.201. The van der Waals surface area contributed by atoms with Gasteiger partial charge in [0.15, 0.2) is 0 Å². The van der Waals surface area contributed by atoms with Crippen molar-refractivity contribution in [2.75, 3.05) is 38.2 Å². The number of anilines is 1. The summed E-state index contributed by atoms with van der Waals surface area (Å²) >= 11 is 0. The zero-order chi connectivity index (χ0) is 15.0. The molecule has 4 rings (SSSR count). The van der Waals surface area contributed by atoms with E-state index < -0.39 is 0 Å². The average Bonchev–Trinajstić information content (AvgIpc) is 3.16. The minimum Gasteiger partial charge on any atom is -0.481 e. The highest BCUT2D eigenvalue weighted by Gasteiger charge is 2.47. The van der Waals surface area contributed by atoms with Gasteiger partial charge >= 0.3 is 0 Å². The Hall–Kier alpha value is -2.08. The minimum atomic E-state index is 0.419. The molecule has 116 valence electrons. The third kappa shape index (κ3) is 2.43. The maximum absolute atomic E-state index is 5.17. The summed E-state index contributed by atoms with van der Waals surface area (Å²) in [6.45, 7) is 5.42. The van der Waals surface area contributed by atoms with Crippen LogP contribution in [0.25, 0.3) is 0 Å². The molecule has 4 heterocycles. The van der Waals surface area contributed by atoms with Crippen LogP contribution in [-0.4, -0.2) is 48.2 Å². The highest BCUT2D eigenvalue weighted by molar-refractivity contribution is 5.45. The van der Waals surface area contributed by atoms with Gasteiger partial charge in [-0.3, -0.25) is 4.90 Å². The molecule has 1 spiro atoms. The van der Waals surface area contributed by atoms with Gasteiger partial charge in [0.05, 0.1) is 19.6 Å². The van der Waals surface area contributed by atoms with Gasteiger partial charge < -0.3 is 14.1 Å². The Morgan fingerprint density at radius 1 is 1.32 bits per heavy atom. The van der Waals surface area contributed by atoms with Crippen molar-refractivity contribution in [1.82, 2.24) is 14.9 Å². The second-order valence-electron chi connectivity index (χ2n) is 6.37. The first-order valence-electron chi connectivity index (χ1n) is 7.61. The molecule has 0 N–H and O–H groups in total. The zero-order valence-electron chi connectivity index (χ0n) is 12.7. The second-order valence-corrected chi connectivity index (χ2v) is 6.37. The Labute approximate surface area is 129 Å². The predicted molar refractivity (Wildman–Crippen MR) is 81.8 cm³/mol. The first-order chi connectivity index (χ1) is 10.8. The molecular formula is C16H20N4O2. The first kappa shape index (κ1) is 13.6. The van der Waals surface area contributed by atoms with Crippen LogP contribution in [0.3, 0.4) is 0 Å². The number of rotatable bonds is 4. The smallest absolute Gasteiger partial charge is 0.218 e. The molecular weight excluding hydrogens is 280 g/mol. The molecule has 6 nitrogen and oxygen atoms in total. The third-order valence-corrected chi connectivity index (χ3v) is 4.72. The van der Waals surface area contributed by atoms with Crippen LogP contribution >= 0.6 is 0 Å². The largest absolute Gasteiger partial charge is 0.481 e. The van der Waals surface area contributed by atoms with E-state index >= 15 is 0 Å². The van der Waals surface area contributed by atoms with Crippen LogP contribution in [0, 0.1) is 5.41 Å². The summed E-state index contributed by atoms with van der Waals surface area (Å²) < 4.78 is 10.3. The lowest BCUT2D eigenvalue weighted by Crippen LogP contribution is -2.58. The highest BCUT2D eigenvalue weighted by Crippen LogP contribution is 2.41. The average molecular weight is 300 g/mol. The van der Waals surface area contributed by atoms with E-state index in [0.717, 1.165) is 38.5 Å². The van der Waals surface area contributed by atoms with Crippen molar-refractivity contribution >= 4 is 5.82 Å². The van der Waals surface area contributed by atoms with Gasteiger partial charge in [-0.15, -0.1) is 0 Å². The lowest BCUT2D eigenvalue weighted by Gasteiger charge is -2.48. The number of hydrogen-bond donors (Lipinski definition) is 0. The molecule has 2 fully saturated rings. The Morgan fingerprint density at radius 2 is 2.23 bits per heavy atom. The minimum absolute atomic E-state index is 0.419. The fourth-order valence-corrected chi connectivity index (χ4v) is 3.60. The van der Waals surface area contributed by atoms with Crippen molar-refractivity contribution in [2.24, 2.45) is 5.41 Å². The van der Waals surface area contributed by atoms with Crippen molar-refractivity contribution in [3.63, 3.8) is 0 Å². The van der Waals surface area contributed by atoms with Gasteiger partial charge in [0.2, 0.25) is 5.88 Å². The maximum atomic E-state index is 5.17. The molecule has 6 heteroatoms.